The zero-order valence-electron chi connectivity index (χ0n) is 13.5. The number of halogens is 1. The molecule has 0 saturated heterocycles. The van der Waals surface area contributed by atoms with Gasteiger partial charge in [0.25, 0.3) is 0 Å². The second-order valence-electron chi connectivity index (χ2n) is 5.65. The van der Waals surface area contributed by atoms with Crippen LogP contribution in [0.15, 0.2) is 53.4 Å². The second-order valence-corrected chi connectivity index (χ2v) is 6.80. The van der Waals surface area contributed by atoms with Crippen molar-refractivity contribution in [2.75, 3.05) is 12.8 Å². The van der Waals surface area contributed by atoms with Gasteiger partial charge >= 0.3 is 0 Å². The highest BCUT2D eigenvalue weighted by Crippen LogP contribution is 2.30. The number of nitrogens with one attached hydrogen (secondary N) is 1. The first-order chi connectivity index (χ1) is 11.2. The van der Waals surface area contributed by atoms with E-state index in [1.54, 1.807) is 11.8 Å². The summed E-state index contributed by atoms with van der Waals surface area (Å²) in [5.74, 6) is 0. The molecule has 1 heterocycles. The molecular formula is C19H21ClN2S. The minimum atomic E-state index is 0.774. The van der Waals surface area contributed by atoms with Gasteiger partial charge in [0, 0.05) is 34.6 Å². The zero-order valence-corrected chi connectivity index (χ0v) is 15.0. The predicted octanol–water partition coefficient (Wildman–Crippen LogP) is 5.01. The normalized spacial score (nSPS) is 11.3. The smallest absolute Gasteiger partial charge is 0.0489 e. The van der Waals surface area contributed by atoms with Crippen LogP contribution in [0.2, 0.25) is 0 Å². The average molecular weight is 345 g/mol. The lowest BCUT2D eigenvalue weighted by molar-refractivity contribution is 0.788. The number of benzene rings is 2. The van der Waals surface area contributed by atoms with Crippen LogP contribution in [-0.2, 0) is 13.0 Å². The highest BCUT2D eigenvalue weighted by atomic mass is 35.5. The molecule has 0 aliphatic heterocycles. The zero-order chi connectivity index (χ0) is 16.2. The van der Waals surface area contributed by atoms with E-state index in [2.05, 4.69) is 71.1 Å². The number of thioether (sulfide) groups is 1. The molecule has 2 nitrogen and oxygen atoms in total. The van der Waals surface area contributed by atoms with Crippen molar-refractivity contribution in [3.8, 4) is 0 Å². The summed E-state index contributed by atoms with van der Waals surface area (Å²) in [5.41, 5.74) is 5.34. The van der Waals surface area contributed by atoms with Gasteiger partial charge in [-0.15, -0.1) is 11.8 Å². The van der Waals surface area contributed by atoms with Crippen LogP contribution in [-0.4, -0.2) is 17.4 Å². The van der Waals surface area contributed by atoms with E-state index in [-0.39, 0.29) is 0 Å². The number of nitrogens with zero attached hydrogens (tertiary/aromatic N) is 1. The first-order valence-corrected chi connectivity index (χ1v) is 9.38. The molecule has 3 aromatic rings. The van der Waals surface area contributed by atoms with E-state index in [9.17, 15) is 0 Å². The monoisotopic (exact) mass is 344 g/mol. The summed E-state index contributed by atoms with van der Waals surface area (Å²) < 4.78 is 2.42. The van der Waals surface area contributed by atoms with E-state index in [4.69, 9.17) is 11.8 Å². The molecule has 0 saturated carbocycles. The van der Waals surface area contributed by atoms with E-state index in [0.717, 1.165) is 19.5 Å². The lowest BCUT2D eigenvalue weighted by atomic mass is 10.1. The van der Waals surface area contributed by atoms with Gasteiger partial charge in [0.1, 0.15) is 0 Å². The minimum absolute atomic E-state index is 0.774. The maximum absolute atomic E-state index is 5.69. The Balaban J connectivity index is 2.11. The Morgan fingerprint density at radius 1 is 1.13 bits per heavy atom. The molecule has 0 spiro atoms. The Hall–Kier alpha value is -1.42. The van der Waals surface area contributed by atoms with Crippen molar-refractivity contribution in [2.45, 2.75) is 24.8 Å². The molecule has 0 fully saturated rings. The highest BCUT2D eigenvalue weighted by Gasteiger charge is 2.14. The summed E-state index contributed by atoms with van der Waals surface area (Å²) in [5, 5.41) is 1.34. The van der Waals surface area contributed by atoms with Crippen molar-refractivity contribution in [3.05, 3.63) is 65.4 Å². The molecule has 0 aliphatic rings. The first kappa shape index (κ1) is 16.4. The standard InChI is InChI=1S/C19H21ClN2S/c1-14-17(10-11-21-20)18-12-16(23-2)8-9-19(18)22(14)13-15-6-4-3-5-7-15/h3-9,12,21H,10-11,13H2,1-2H3. The van der Waals surface area contributed by atoms with Gasteiger partial charge in [0.05, 0.1) is 0 Å². The van der Waals surface area contributed by atoms with Crippen LogP contribution in [0.4, 0.5) is 0 Å². The van der Waals surface area contributed by atoms with Crippen molar-refractivity contribution >= 4 is 34.4 Å². The van der Waals surface area contributed by atoms with E-state index >= 15 is 0 Å². The number of hydrogen-bond donors (Lipinski definition) is 1. The minimum Gasteiger partial charge on any atom is -0.340 e. The number of aromatic nitrogens is 1. The Labute approximate surface area is 147 Å². The Morgan fingerprint density at radius 3 is 2.61 bits per heavy atom. The average Bonchev–Trinajstić information content (AvgIpc) is 2.85. The van der Waals surface area contributed by atoms with Crippen LogP contribution in [0.5, 0.6) is 0 Å². The maximum Gasteiger partial charge on any atom is 0.0489 e. The Morgan fingerprint density at radius 2 is 1.91 bits per heavy atom. The quantitative estimate of drug-likeness (QED) is 0.500. The van der Waals surface area contributed by atoms with Crippen molar-refractivity contribution in [2.24, 2.45) is 0 Å². The molecular weight excluding hydrogens is 324 g/mol. The number of hydrogen-bond acceptors (Lipinski definition) is 2. The summed E-state index contributed by atoms with van der Waals surface area (Å²) in [7, 11) is 0. The van der Waals surface area contributed by atoms with Gasteiger partial charge in [-0.25, -0.2) is 4.84 Å². The summed E-state index contributed by atoms with van der Waals surface area (Å²) in [4.78, 5) is 4.05. The van der Waals surface area contributed by atoms with E-state index in [0.29, 0.717) is 0 Å². The lowest BCUT2D eigenvalue weighted by Gasteiger charge is -2.09. The predicted molar refractivity (Wildman–Crippen MR) is 102 cm³/mol. The van der Waals surface area contributed by atoms with Crippen molar-refractivity contribution in [3.63, 3.8) is 0 Å². The molecule has 0 radical (unpaired) electrons. The van der Waals surface area contributed by atoms with E-state index in [1.165, 1.54) is 32.6 Å². The Kier molecular flexibility index (Phi) is 5.31. The molecule has 120 valence electrons. The van der Waals surface area contributed by atoms with Gasteiger partial charge in [0.15, 0.2) is 0 Å². The molecule has 4 heteroatoms. The van der Waals surface area contributed by atoms with Crippen LogP contribution < -0.4 is 4.84 Å². The molecule has 0 bridgehead atoms. The number of rotatable bonds is 6. The maximum atomic E-state index is 5.69. The van der Waals surface area contributed by atoms with Gasteiger partial charge in [-0.2, -0.15) is 0 Å². The largest absolute Gasteiger partial charge is 0.340 e. The van der Waals surface area contributed by atoms with Gasteiger partial charge in [-0.3, -0.25) is 0 Å². The van der Waals surface area contributed by atoms with Gasteiger partial charge in [0.2, 0.25) is 0 Å². The van der Waals surface area contributed by atoms with E-state index < -0.39 is 0 Å². The lowest BCUT2D eigenvalue weighted by Crippen LogP contribution is -2.06. The fraction of sp³-hybridized carbons (Fsp3) is 0.263. The van der Waals surface area contributed by atoms with Gasteiger partial charge in [-0.1, -0.05) is 30.3 Å². The van der Waals surface area contributed by atoms with Crippen molar-refractivity contribution in [1.29, 1.82) is 0 Å². The van der Waals surface area contributed by atoms with Crippen LogP contribution in [0, 0.1) is 6.92 Å². The van der Waals surface area contributed by atoms with Crippen LogP contribution in [0.1, 0.15) is 16.8 Å². The fourth-order valence-corrected chi connectivity index (χ4v) is 3.65. The molecule has 0 unspecified atom stereocenters. The summed E-state index contributed by atoms with van der Waals surface area (Å²) in [6.07, 6.45) is 3.06. The van der Waals surface area contributed by atoms with Crippen LogP contribution in [0.3, 0.4) is 0 Å². The summed E-state index contributed by atoms with van der Waals surface area (Å²) >= 11 is 7.47. The molecule has 0 atom stereocenters. The molecule has 23 heavy (non-hydrogen) atoms. The molecule has 1 aromatic heterocycles. The second kappa shape index (κ2) is 7.43. The van der Waals surface area contributed by atoms with Crippen molar-refractivity contribution in [1.82, 2.24) is 9.40 Å². The highest BCUT2D eigenvalue weighted by molar-refractivity contribution is 7.98. The Bertz CT molecular complexity index is 796. The SMILES string of the molecule is CSc1ccc2c(c1)c(CCNCl)c(C)n2Cc1ccccc1. The topological polar surface area (TPSA) is 17.0 Å². The summed E-state index contributed by atoms with van der Waals surface area (Å²) in [6.45, 7) is 3.89. The molecule has 0 aliphatic carbocycles. The molecule has 0 amide bonds. The third-order valence-corrected chi connectivity index (χ3v) is 5.23. The first-order valence-electron chi connectivity index (χ1n) is 7.77. The third kappa shape index (κ3) is 3.42. The third-order valence-electron chi connectivity index (χ3n) is 4.31. The van der Waals surface area contributed by atoms with Gasteiger partial charge in [-0.05, 0) is 60.7 Å². The van der Waals surface area contributed by atoms with Crippen molar-refractivity contribution < 1.29 is 0 Å². The summed E-state index contributed by atoms with van der Waals surface area (Å²) in [6, 6.07) is 17.4. The van der Waals surface area contributed by atoms with Gasteiger partial charge < -0.3 is 4.57 Å². The fourth-order valence-electron chi connectivity index (χ4n) is 3.12. The molecule has 2 aromatic carbocycles. The molecule has 1 N–H and O–H groups in total. The molecule has 3 rings (SSSR count). The van der Waals surface area contributed by atoms with E-state index in [1.807, 2.05) is 0 Å². The van der Waals surface area contributed by atoms with Crippen LogP contribution in [0.25, 0.3) is 10.9 Å². The van der Waals surface area contributed by atoms with Crippen LogP contribution >= 0.6 is 23.5 Å². The number of fused-ring (bicyclic) bond motifs is 1.